The molecule has 13 heteroatoms. The fourth-order valence-corrected chi connectivity index (χ4v) is 7.27. The molecule has 1 fully saturated rings. The van der Waals surface area contributed by atoms with Gasteiger partial charge in [0.1, 0.15) is 12.3 Å². The van der Waals surface area contributed by atoms with E-state index in [2.05, 4.69) is 46.4 Å². The Morgan fingerprint density at radius 2 is 1.53 bits per heavy atom. The van der Waals surface area contributed by atoms with Gasteiger partial charge in [0.15, 0.2) is 6.10 Å². The number of unbranched alkanes of at least 4 members (excludes halogenated alkanes) is 5. The minimum Gasteiger partial charge on any atom is -0.381 e. The Balaban J connectivity index is 0.000000356. The highest BCUT2D eigenvalue weighted by molar-refractivity contribution is 5.91. The molecule has 1 saturated carbocycles. The molecule has 0 bridgehead atoms. The highest BCUT2D eigenvalue weighted by Crippen LogP contribution is 2.25. The first-order valence-electron chi connectivity index (χ1n) is 21.7. The number of aldehydes is 1. The van der Waals surface area contributed by atoms with Gasteiger partial charge in [0, 0.05) is 33.1 Å². The lowest BCUT2D eigenvalue weighted by Gasteiger charge is -2.35. The molecule has 2 aliphatic rings. The lowest BCUT2D eigenvalue weighted by Crippen LogP contribution is -2.51. The van der Waals surface area contributed by atoms with Crippen molar-refractivity contribution in [2.75, 3.05) is 34.2 Å². The van der Waals surface area contributed by atoms with E-state index in [1.807, 2.05) is 18.9 Å². The summed E-state index contributed by atoms with van der Waals surface area (Å²) in [5, 5.41) is 20.3. The summed E-state index contributed by atoms with van der Waals surface area (Å²) in [6.45, 7) is 4.71. The zero-order chi connectivity index (χ0) is 43.4. The Kier molecular flexibility index (Phi) is 25.3. The average molecular weight is 821 g/mol. The maximum absolute atomic E-state index is 12.4. The summed E-state index contributed by atoms with van der Waals surface area (Å²) in [5.74, 6) is -1.50. The van der Waals surface area contributed by atoms with Crippen molar-refractivity contribution >= 4 is 36.3 Å². The minimum atomic E-state index is -1.48. The molecule has 5 amide bonds. The van der Waals surface area contributed by atoms with E-state index >= 15 is 0 Å². The van der Waals surface area contributed by atoms with E-state index in [4.69, 9.17) is 0 Å². The second-order valence-electron chi connectivity index (χ2n) is 15.8. The molecule has 4 unspecified atom stereocenters. The van der Waals surface area contributed by atoms with E-state index in [-0.39, 0.29) is 17.9 Å². The van der Waals surface area contributed by atoms with E-state index in [0.29, 0.717) is 37.8 Å². The first kappa shape index (κ1) is 50.5. The monoisotopic (exact) mass is 821 g/mol. The van der Waals surface area contributed by atoms with Crippen molar-refractivity contribution in [3.8, 4) is 0 Å². The molecule has 59 heavy (non-hydrogen) atoms. The van der Waals surface area contributed by atoms with E-state index in [1.54, 1.807) is 44.4 Å². The summed E-state index contributed by atoms with van der Waals surface area (Å²) >= 11 is 0. The predicted octanol–water partition coefficient (Wildman–Crippen LogP) is 4.93. The number of aryl methyl sites for hydroxylation is 1. The highest BCUT2D eigenvalue weighted by Gasteiger charge is 2.28. The number of carbonyl (C=O) groups excluding carboxylic acids is 6. The molecule has 1 aliphatic heterocycles. The average Bonchev–Trinajstić information content (AvgIpc) is 3.25. The van der Waals surface area contributed by atoms with Crippen molar-refractivity contribution in [3.05, 3.63) is 70.8 Å². The number of benzene rings is 2. The number of amides is 5. The van der Waals surface area contributed by atoms with Gasteiger partial charge >= 0.3 is 0 Å². The second-order valence-corrected chi connectivity index (χ2v) is 15.8. The van der Waals surface area contributed by atoms with Gasteiger partial charge in [0.2, 0.25) is 24.1 Å². The number of nitrogens with one attached hydrogen (secondary N) is 4. The molecule has 5 N–H and O–H groups in total. The Bertz CT molecular complexity index is 1540. The Labute approximate surface area is 352 Å². The summed E-state index contributed by atoms with van der Waals surface area (Å²) in [6.07, 6.45) is 18.6. The van der Waals surface area contributed by atoms with Crippen LogP contribution < -0.4 is 21.3 Å². The first-order valence-corrected chi connectivity index (χ1v) is 21.7. The minimum absolute atomic E-state index is 0.182. The molecule has 0 spiro atoms. The quantitative estimate of drug-likeness (QED) is 0.0871. The van der Waals surface area contributed by atoms with Gasteiger partial charge < -0.3 is 41.0 Å². The highest BCUT2D eigenvalue weighted by atomic mass is 16.3. The zero-order valence-corrected chi connectivity index (χ0v) is 36.3. The van der Waals surface area contributed by atoms with E-state index < -0.39 is 36.5 Å². The van der Waals surface area contributed by atoms with Gasteiger partial charge in [-0.25, -0.2) is 0 Å². The molecular weight excluding hydrogens is 749 g/mol. The fourth-order valence-electron chi connectivity index (χ4n) is 7.27. The fraction of sp³-hybridized carbons (Fsp3) is 0.609. The number of rotatable bonds is 21. The number of nitrogens with zero attached hydrogens (tertiary/aromatic N) is 2. The number of hydrogen-bond acceptors (Lipinski definition) is 8. The summed E-state index contributed by atoms with van der Waals surface area (Å²) in [6, 6.07) is 14.2. The molecule has 0 aromatic heterocycles. The zero-order valence-electron chi connectivity index (χ0n) is 36.3. The summed E-state index contributed by atoms with van der Waals surface area (Å²) < 4.78 is 0. The lowest BCUT2D eigenvalue weighted by atomic mass is 9.92. The smallest absolute Gasteiger partial charge is 0.251 e. The van der Waals surface area contributed by atoms with E-state index in [0.717, 1.165) is 38.5 Å². The van der Waals surface area contributed by atoms with E-state index in [9.17, 15) is 33.9 Å². The van der Waals surface area contributed by atoms with E-state index in [1.165, 1.54) is 79.4 Å². The maximum atomic E-state index is 12.4. The number of fused-ring (bicyclic) bond motifs is 1. The van der Waals surface area contributed by atoms with Crippen LogP contribution in [0.2, 0.25) is 0 Å². The largest absolute Gasteiger partial charge is 0.381 e. The number of hydrogen-bond donors (Lipinski definition) is 5. The van der Waals surface area contributed by atoms with Gasteiger partial charge in [0.05, 0.1) is 19.1 Å². The predicted molar refractivity (Wildman–Crippen MR) is 232 cm³/mol. The van der Waals surface area contributed by atoms with Crippen LogP contribution in [-0.2, 0) is 48.2 Å². The van der Waals surface area contributed by atoms with Crippen molar-refractivity contribution < 1.29 is 33.9 Å². The molecule has 328 valence electrons. The topological polar surface area (TPSA) is 177 Å². The normalized spacial score (nSPS) is 15.9. The van der Waals surface area contributed by atoms with Gasteiger partial charge in [-0.15, -0.1) is 0 Å². The van der Waals surface area contributed by atoms with Gasteiger partial charge in [-0.05, 0) is 68.3 Å². The van der Waals surface area contributed by atoms with Crippen molar-refractivity contribution in [1.82, 2.24) is 31.1 Å². The first-order chi connectivity index (χ1) is 28.5. The third kappa shape index (κ3) is 19.3. The third-order valence-electron chi connectivity index (χ3n) is 10.7. The molecule has 0 saturated heterocycles. The van der Waals surface area contributed by atoms with Gasteiger partial charge in [0.25, 0.3) is 5.91 Å². The summed E-state index contributed by atoms with van der Waals surface area (Å²) in [4.78, 5) is 73.2. The summed E-state index contributed by atoms with van der Waals surface area (Å²) in [7, 11) is 4.98. The number of aliphatic hydroxyl groups is 1. The standard InChI is InChI=1S/C21H32N2O2.C19H28N4O5.C6H12/c1-17-13-19-11-10-18(9-7-5-3-4-6-8-12-24)14-20(19)16-23(17)21(25)15-22-2;1-4-8-14(21-12-24)17(26)18(27)20-11-15(25)22-16(19(28)23(2)3)13-9-6-5-7-10-13;1-2-4-6-5-3-1/h10-12,14,17,22H,3-9,13,15-16H2,1-2H3;5-7,9-10,12,14,16-17,26H,4,8,11H2,1-3H3,(H,20,27)(H,21,24)(H,22,25);1-6H2. The summed E-state index contributed by atoms with van der Waals surface area (Å²) in [5.41, 5.74) is 4.69. The van der Waals surface area contributed by atoms with Crippen molar-refractivity contribution in [1.29, 1.82) is 0 Å². The van der Waals surface area contributed by atoms with Crippen LogP contribution in [0, 0.1) is 0 Å². The van der Waals surface area contributed by atoms with Crippen molar-refractivity contribution in [2.45, 2.75) is 147 Å². The second kappa shape index (κ2) is 29.6. The molecule has 0 radical (unpaired) electrons. The molecule has 4 atom stereocenters. The Morgan fingerprint density at radius 3 is 2.12 bits per heavy atom. The van der Waals surface area contributed by atoms with Crippen LogP contribution in [-0.4, -0.2) is 104 Å². The van der Waals surface area contributed by atoms with Crippen LogP contribution in [0.5, 0.6) is 0 Å². The third-order valence-corrected chi connectivity index (χ3v) is 10.7. The molecule has 2 aromatic rings. The molecule has 1 aliphatic carbocycles. The lowest BCUT2D eigenvalue weighted by molar-refractivity contribution is -0.135. The molecule has 2 aromatic carbocycles. The Hall–Kier alpha value is -4.62. The number of carbonyl (C=O) groups is 6. The maximum Gasteiger partial charge on any atom is 0.251 e. The number of likely N-dealkylation sites (N-methyl/N-ethyl adjacent to an activating group) is 2. The molecule has 1 heterocycles. The van der Waals surface area contributed by atoms with Crippen molar-refractivity contribution in [2.24, 2.45) is 0 Å². The SMILES string of the molecule is C1CCCCC1.CCCC(NC=O)C(O)C(=O)NCC(=O)NC(C(=O)N(C)C)c1ccccc1.CNCC(=O)N1Cc2cc(CCCCCCCC=O)ccc2CC1C. The Morgan fingerprint density at radius 1 is 0.881 bits per heavy atom. The molecule has 13 nitrogen and oxygen atoms in total. The van der Waals surface area contributed by atoms with Crippen LogP contribution in [0.1, 0.15) is 132 Å². The van der Waals surface area contributed by atoms with Crippen LogP contribution in [0.4, 0.5) is 0 Å². The molecule has 4 rings (SSSR count). The van der Waals surface area contributed by atoms with Crippen LogP contribution in [0.15, 0.2) is 48.5 Å². The van der Waals surface area contributed by atoms with Gasteiger partial charge in [-0.1, -0.05) is 120 Å². The van der Waals surface area contributed by atoms with Crippen LogP contribution in [0.25, 0.3) is 0 Å². The van der Waals surface area contributed by atoms with Crippen LogP contribution in [0.3, 0.4) is 0 Å². The van der Waals surface area contributed by atoms with Gasteiger partial charge in [-0.3, -0.25) is 24.0 Å². The van der Waals surface area contributed by atoms with Crippen LogP contribution >= 0.6 is 0 Å². The number of aliphatic hydroxyl groups excluding tert-OH is 1. The molecular formula is C46H72N6O7. The van der Waals surface area contributed by atoms with Crippen molar-refractivity contribution in [3.63, 3.8) is 0 Å². The van der Waals surface area contributed by atoms with Gasteiger partial charge in [-0.2, -0.15) is 0 Å².